The van der Waals surface area contributed by atoms with E-state index >= 15 is 0 Å². The van der Waals surface area contributed by atoms with Gasteiger partial charge in [-0.15, -0.1) is 0 Å². The summed E-state index contributed by atoms with van der Waals surface area (Å²) in [4.78, 5) is 11.8. The summed E-state index contributed by atoms with van der Waals surface area (Å²) in [5.74, 6) is 1.13. The predicted octanol–water partition coefficient (Wildman–Crippen LogP) is 1.78. The molecule has 1 fully saturated rings. The Bertz CT molecular complexity index is 754. The molecular weight excluding hydrogens is 334 g/mol. The van der Waals surface area contributed by atoms with Gasteiger partial charge in [-0.25, -0.2) is 12.7 Å². The van der Waals surface area contributed by atoms with Crippen LogP contribution in [0.1, 0.15) is 24.8 Å². The molecule has 1 saturated heterocycles. The standard InChI is InChI=1S/C16H19NO6S/c1-21-13-10-12(11-14-16(13)23-8-7-22-14)5-9-24(19,20)17-6-3-2-4-15(17)18/h5,9-11H,2-4,6-8H2,1H3/b9-5+. The van der Waals surface area contributed by atoms with Gasteiger partial charge in [0.1, 0.15) is 13.2 Å². The van der Waals surface area contributed by atoms with Crippen molar-refractivity contribution in [2.45, 2.75) is 19.3 Å². The largest absolute Gasteiger partial charge is 0.493 e. The lowest BCUT2D eigenvalue weighted by molar-refractivity contribution is -0.128. The number of piperidine rings is 1. The topological polar surface area (TPSA) is 82.1 Å². The van der Waals surface area contributed by atoms with Gasteiger partial charge in [0, 0.05) is 13.0 Å². The molecule has 1 amide bonds. The number of hydrogen-bond donors (Lipinski definition) is 0. The molecule has 2 aliphatic heterocycles. The lowest BCUT2D eigenvalue weighted by Gasteiger charge is -2.24. The summed E-state index contributed by atoms with van der Waals surface area (Å²) in [6, 6.07) is 3.35. The van der Waals surface area contributed by atoms with Crippen LogP contribution >= 0.6 is 0 Å². The molecule has 7 nitrogen and oxygen atoms in total. The molecule has 2 heterocycles. The van der Waals surface area contributed by atoms with Crippen molar-refractivity contribution in [3.63, 3.8) is 0 Å². The normalized spacial score (nSPS) is 18.0. The smallest absolute Gasteiger partial charge is 0.259 e. The van der Waals surface area contributed by atoms with Crippen LogP contribution in [0.25, 0.3) is 6.08 Å². The van der Waals surface area contributed by atoms with Gasteiger partial charge >= 0.3 is 0 Å². The molecule has 1 aromatic carbocycles. The summed E-state index contributed by atoms with van der Waals surface area (Å²) >= 11 is 0. The molecule has 130 valence electrons. The van der Waals surface area contributed by atoms with Crippen LogP contribution in [0.3, 0.4) is 0 Å². The van der Waals surface area contributed by atoms with E-state index in [-0.39, 0.29) is 18.9 Å². The molecule has 1 aromatic rings. The van der Waals surface area contributed by atoms with Crippen molar-refractivity contribution in [1.82, 2.24) is 4.31 Å². The second kappa shape index (κ2) is 6.72. The van der Waals surface area contributed by atoms with Crippen LogP contribution < -0.4 is 14.2 Å². The summed E-state index contributed by atoms with van der Waals surface area (Å²) in [5.41, 5.74) is 0.587. The molecule has 0 atom stereocenters. The molecule has 0 spiro atoms. The highest BCUT2D eigenvalue weighted by Crippen LogP contribution is 2.40. The van der Waals surface area contributed by atoms with Gasteiger partial charge in [0.25, 0.3) is 10.0 Å². The second-order valence-corrected chi connectivity index (χ2v) is 7.26. The summed E-state index contributed by atoms with van der Waals surface area (Å²) in [7, 11) is -2.28. The van der Waals surface area contributed by atoms with E-state index in [0.717, 1.165) is 16.1 Å². The van der Waals surface area contributed by atoms with Crippen molar-refractivity contribution in [2.24, 2.45) is 0 Å². The van der Waals surface area contributed by atoms with Gasteiger partial charge in [-0.2, -0.15) is 0 Å². The van der Waals surface area contributed by atoms with Gasteiger partial charge in [0.05, 0.1) is 12.5 Å². The molecular formula is C16H19NO6S. The SMILES string of the molecule is COc1cc(/C=C/S(=O)(=O)N2CCCCC2=O)cc2c1OCCO2. The maximum atomic E-state index is 12.3. The number of nitrogens with zero attached hydrogens (tertiary/aromatic N) is 1. The fourth-order valence-electron chi connectivity index (χ4n) is 2.68. The number of carbonyl (C=O) groups excluding carboxylic acids is 1. The number of ether oxygens (including phenoxy) is 3. The molecule has 0 aliphatic carbocycles. The molecule has 0 bridgehead atoms. The number of methoxy groups -OCH3 is 1. The Kier molecular flexibility index (Phi) is 4.66. The monoisotopic (exact) mass is 353 g/mol. The Morgan fingerprint density at radius 2 is 2.00 bits per heavy atom. The molecule has 24 heavy (non-hydrogen) atoms. The predicted molar refractivity (Wildman–Crippen MR) is 87.5 cm³/mol. The van der Waals surface area contributed by atoms with E-state index in [0.29, 0.717) is 42.4 Å². The van der Waals surface area contributed by atoms with E-state index in [1.54, 1.807) is 12.1 Å². The van der Waals surface area contributed by atoms with Gasteiger partial charge in [0.15, 0.2) is 11.5 Å². The Hall–Kier alpha value is -2.22. The number of hydrogen-bond acceptors (Lipinski definition) is 6. The fourth-order valence-corrected chi connectivity index (χ4v) is 3.91. The van der Waals surface area contributed by atoms with E-state index in [1.165, 1.54) is 13.2 Å². The minimum absolute atomic E-state index is 0.232. The van der Waals surface area contributed by atoms with E-state index in [9.17, 15) is 13.2 Å². The first-order valence-electron chi connectivity index (χ1n) is 7.72. The van der Waals surface area contributed by atoms with Crippen molar-refractivity contribution in [3.05, 3.63) is 23.1 Å². The van der Waals surface area contributed by atoms with Gasteiger partial charge in [-0.1, -0.05) is 0 Å². The minimum Gasteiger partial charge on any atom is -0.493 e. The number of fused-ring (bicyclic) bond motifs is 1. The van der Waals surface area contributed by atoms with Crippen LogP contribution in [-0.4, -0.2) is 45.5 Å². The molecule has 2 aliphatic rings. The number of rotatable bonds is 4. The van der Waals surface area contributed by atoms with Gasteiger partial charge in [-0.3, -0.25) is 4.79 Å². The fraction of sp³-hybridized carbons (Fsp3) is 0.438. The zero-order valence-electron chi connectivity index (χ0n) is 13.4. The van der Waals surface area contributed by atoms with Crippen LogP contribution in [0.4, 0.5) is 0 Å². The van der Waals surface area contributed by atoms with Crippen LogP contribution in [-0.2, 0) is 14.8 Å². The van der Waals surface area contributed by atoms with Gasteiger partial charge in [0.2, 0.25) is 11.7 Å². The summed E-state index contributed by atoms with van der Waals surface area (Å²) < 4.78 is 41.9. The maximum Gasteiger partial charge on any atom is 0.259 e. The van der Waals surface area contributed by atoms with Crippen LogP contribution in [0.2, 0.25) is 0 Å². The van der Waals surface area contributed by atoms with E-state index < -0.39 is 10.0 Å². The van der Waals surface area contributed by atoms with Crippen molar-refractivity contribution in [3.8, 4) is 17.2 Å². The molecule has 0 aromatic heterocycles. The van der Waals surface area contributed by atoms with Crippen molar-refractivity contribution >= 4 is 22.0 Å². The Morgan fingerprint density at radius 3 is 2.75 bits per heavy atom. The second-order valence-electron chi connectivity index (χ2n) is 5.52. The van der Waals surface area contributed by atoms with Crippen molar-refractivity contribution < 1.29 is 27.4 Å². The third kappa shape index (κ3) is 3.33. The number of benzene rings is 1. The Morgan fingerprint density at radius 1 is 1.21 bits per heavy atom. The van der Waals surface area contributed by atoms with E-state index in [2.05, 4.69) is 0 Å². The molecule has 0 N–H and O–H groups in total. The highest BCUT2D eigenvalue weighted by atomic mass is 32.2. The number of carbonyl (C=O) groups is 1. The highest BCUT2D eigenvalue weighted by molar-refractivity contribution is 7.92. The van der Waals surface area contributed by atoms with Crippen LogP contribution in [0, 0.1) is 0 Å². The zero-order valence-corrected chi connectivity index (χ0v) is 14.2. The maximum absolute atomic E-state index is 12.3. The quantitative estimate of drug-likeness (QED) is 0.821. The minimum atomic E-state index is -3.78. The lowest BCUT2D eigenvalue weighted by Crippen LogP contribution is -2.38. The summed E-state index contributed by atoms with van der Waals surface area (Å²) in [6.45, 7) is 1.09. The molecule has 8 heteroatoms. The first-order chi connectivity index (χ1) is 11.5. The summed E-state index contributed by atoms with van der Waals surface area (Å²) in [5, 5.41) is 1.04. The number of amides is 1. The molecule has 3 rings (SSSR count). The van der Waals surface area contributed by atoms with Crippen LogP contribution in [0.15, 0.2) is 17.5 Å². The van der Waals surface area contributed by atoms with E-state index in [1.807, 2.05) is 0 Å². The third-order valence-corrected chi connectivity index (χ3v) is 5.35. The lowest BCUT2D eigenvalue weighted by atomic mass is 10.1. The Labute approximate surface area is 140 Å². The van der Waals surface area contributed by atoms with Gasteiger partial charge < -0.3 is 14.2 Å². The molecule has 0 saturated carbocycles. The first kappa shape index (κ1) is 16.6. The highest BCUT2D eigenvalue weighted by Gasteiger charge is 2.27. The molecule has 0 unspecified atom stereocenters. The van der Waals surface area contributed by atoms with E-state index in [4.69, 9.17) is 14.2 Å². The van der Waals surface area contributed by atoms with Crippen molar-refractivity contribution in [2.75, 3.05) is 26.9 Å². The van der Waals surface area contributed by atoms with Crippen molar-refractivity contribution in [1.29, 1.82) is 0 Å². The molecule has 0 radical (unpaired) electrons. The Balaban J connectivity index is 1.87. The zero-order chi connectivity index (χ0) is 17.2. The average Bonchev–Trinajstić information content (AvgIpc) is 2.59. The first-order valence-corrected chi connectivity index (χ1v) is 9.23. The number of sulfonamides is 1. The third-order valence-electron chi connectivity index (χ3n) is 3.87. The summed E-state index contributed by atoms with van der Waals surface area (Å²) in [6.07, 6.45) is 3.12. The van der Waals surface area contributed by atoms with Crippen LogP contribution in [0.5, 0.6) is 17.2 Å². The van der Waals surface area contributed by atoms with Gasteiger partial charge in [-0.05, 0) is 36.6 Å². The average molecular weight is 353 g/mol.